The molecular weight excluding hydrogens is 150 g/mol. The van der Waals surface area contributed by atoms with Gasteiger partial charge in [0.2, 0.25) is 0 Å². The zero-order chi connectivity index (χ0) is 8.97. The van der Waals surface area contributed by atoms with E-state index in [1.807, 2.05) is 0 Å². The van der Waals surface area contributed by atoms with Crippen LogP contribution in [-0.2, 0) is 0 Å². The number of hydrogen-bond donors (Lipinski definition) is 2. The summed E-state index contributed by atoms with van der Waals surface area (Å²) in [6.07, 6.45) is 4.79. The number of aliphatic hydroxyl groups excluding tert-OH is 1. The highest BCUT2D eigenvalue weighted by atomic mass is 16.3. The molecule has 1 aromatic carbocycles. The summed E-state index contributed by atoms with van der Waals surface area (Å²) in [5.41, 5.74) is 6.94. The molecule has 1 rings (SSSR count). The third-order valence-electron chi connectivity index (χ3n) is 1.61. The molecular formula is C10H11NO. The van der Waals surface area contributed by atoms with Crippen LogP contribution in [0.3, 0.4) is 0 Å². The predicted molar refractivity (Wildman–Crippen MR) is 49.3 cm³/mol. The van der Waals surface area contributed by atoms with E-state index in [1.165, 1.54) is 0 Å². The monoisotopic (exact) mass is 161 g/mol. The first-order valence-corrected chi connectivity index (χ1v) is 3.71. The van der Waals surface area contributed by atoms with E-state index in [4.69, 9.17) is 12.2 Å². The van der Waals surface area contributed by atoms with Crippen molar-refractivity contribution < 1.29 is 5.11 Å². The van der Waals surface area contributed by atoms with Crippen LogP contribution in [0.4, 0.5) is 5.69 Å². The van der Waals surface area contributed by atoms with Gasteiger partial charge in [0.25, 0.3) is 0 Å². The fourth-order valence-corrected chi connectivity index (χ4v) is 0.996. The van der Waals surface area contributed by atoms with Crippen LogP contribution in [0.5, 0.6) is 0 Å². The largest absolute Gasteiger partial charge is 0.399 e. The van der Waals surface area contributed by atoms with Crippen molar-refractivity contribution in [1.29, 1.82) is 0 Å². The molecule has 0 aliphatic rings. The van der Waals surface area contributed by atoms with E-state index in [0.29, 0.717) is 12.1 Å². The third kappa shape index (κ3) is 2.01. The third-order valence-corrected chi connectivity index (χ3v) is 1.61. The Hall–Kier alpha value is -1.46. The number of anilines is 1. The molecule has 3 N–H and O–H groups in total. The average molecular weight is 161 g/mol. The van der Waals surface area contributed by atoms with Gasteiger partial charge in [0.15, 0.2) is 0 Å². The Balaban J connectivity index is 2.82. The Bertz CT molecular complexity index is 301. The van der Waals surface area contributed by atoms with Gasteiger partial charge in [0.1, 0.15) is 0 Å². The molecule has 12 heavy (non-hydrogen) atoms. The predicted octanol–water partition coefficient (Wildman–Crippen LogP) is 1.33. The van der Waals surface area contributed by atoms with Crippen molar-refractivity contribution in [2.75, 3.05) is 5.73 Å². The van der Waals surface area contributed by atoms with Crippen molar-refractivity contribution in [1.82, 2.24) is 0 Å². The maximum Gasteiger partial charge on any atom is 0.0899 e. The number of nitrogen functional groups attached to an aromatic ring is 1. The van der Waals surface area contributed by atoms with E-state index in [-0.39, 0.29) is 0 Å². The number of nitrogens with two attached hydrogens (primary N) is 1. The second-order valence-electron chi connectivity index (χ2n) is 2.59. The second-order valence-corrected chi connectivity index (χ2v) is 2.59. The van der Waals surface area contributed by atoms with Crippen LogP contribution in [0.2, 0.25) is 0 Å². The van der Waals surface area contributed by atoms with Gasteiger partial charge in [0, 0.05) is 12.1 Å². The first-order valence-electron chi connectivity index (χ1n) is 3.71. The van der Waals surface area contributed by atoms with Crippen molar-refractivity contribution in [3.63, 3.8) is 0 Å². The van der Waals surface area contributed by atoms with Crippen molar-refractivity contribution in [3.05, 3.63) is 29.8 Å². The Morgan fingerprint density at radius 2 is 2.33 bits per heavy atom. The van der Waals surface area contributed by atoms with Crippen molar-refractivity contribution >= 4 is 5.69 Å². The number of benzene rings is 1. The quantitative estimate of drug-likeness (QED) is 0.507. The van der Waals surface area contributed by atoms with E-state index in [1.54, 1.807) is 24.3 Å². The molecule has 0 saturated heterocycles. The Morgan fingerprint density at radius 1 is 1.58 bits per heavy atom. The molecule has 0 aliphatic heterocycles. The van der Waals surface area contributed by atoms with Gasteiger partial charge in [-0.05, 0) is 17.7 Å². The van der Waals surface area contributed by atoms with Gasteiger partial charge < -0.3 is 10.8 Å². The lowest BCUT2D eigenvalue weighted by molar-refractivity contribution is 0.184. The second kappa shape index (κ2) is 3.80. The van der Waals surface area contributed by atoms with Crippen LogP contribution >= 0.6 is 0 Å². The summed E-state index contributed by atoms with van der Waals surface area (Å²) in [4.78, 5) is 0. The number of rotatable bonds is 2. The van der Waals surface area contributed by atoms with Gasteiger partial charge in [-0.25, -0.2) is 0 Å². The smallest absolute Gasteiger partial charge is 0.0899 e. The van der Waals surface area contributed by atoms with Gasteiger partial charge in [-0.1, -0.05) is 12.1 Å². The molecule has 0 aliphatic carbocycles. The molecule has 62 valence electrons. The average Bonchev–Trinajstić information content (AvgIpc) is 2.05. The van der Waals surface area contributed by atoms with Crippen molar-refractivity contribution in [2.24, 2.45) is 0 Å². The van der Waals surface area contributed by atoms with E-state index < -0.39 is 6.10 Å². The first kappa shape index (κ1) is 8.63. The lowest BCUT2D eigenvalue weighted by Gasteiger charge is -2.07. The summed E-state index contributed by atoms with van der Waals surface area (Å²) in [7, 11) is 0. The molecule has 0 saturated carbocycles. The molecule has 0 spiro atoms. The standard InChI is InChI=1S/C10H11NO/c1-2-4-10(12)8-5-3-6-9(11)7-8/h1,3,5-7,10,12H,4,11H2. The highest BCUT2D eigenvalue weighted by molar-refractivity contribution is 5.41. The topological polar surface area (TPSA) is 46.2 Å². The van der Waals surface area contributed by atoms with Crippen molar-refractivity contribution in [3.8, 4) is 12.3 Å². The van der Waals surface area contributed by atoms with E-state index in [2.05, 4.69) is 5.92 Å². The minimum absolute atomic E-state index is 0.323. The van der Waals surface area contributed by atoms with Gasteiger partial charge in [-0.15, -0.1) is 12.3 Å². The SMILES string of the molecule is C#CCC(O)c1cccc(N)c1. The Labute approximate surface area is 72.0 Å². The highest BCUT2D eigenvalue weighted by Gasteiger charge is 2.04. The summed E-state index contributed by atoms with van der Waals surface area (Å²) >= 11 is 0. The summed E-state index contributed by atoms with van der Waals surface area (Å²) in [6, 6.07) is 7.09. The van der Waals surface area contributed by atoms with Crippen LogP contribution in [0.25, 0.3) is 0 Å². The molecule has 0 amide bonds. The maximum absolute atomic E-state index is 9.45. The van der Waals surface area contributed by atoms with Crippen LogP contribution in [0.1, 0.15) is 18.1 Å². The van der Waals surface area contributed by atoms with Crippen LogP contribution < -0.4 is 5.73 Å². The van der Waals surface area contributed by atoms with Gasteiger partial charge in [-0.2, -0.15) is 0 Å². The lowest BCUT2D eigenvalue weighted by Crippen LogP contribution is -1.96. The zero-order valence-electron chi connectivity index (χ0n) is 6.70. The van der Waals surface area contributed by atoms with Crippen LogP contribution in [0.15, 0.2) is 24.3 Å². The Kier molecular flexibility index (Phi) is 2.73. The summed E-state index contributed by atoms with van der Waals surface area (Å²) in [5, 5.41) is 9.45. The Morgan fingerprint density at radius 3 is 2.92 bits per heavy atom. The molecule has 2 heteroatoms. The fourth-order valence-electron chi connectivity index (χ4n) is 0.996. The summed E-state index contributed by atoms with van der Waals surface area (Å²) < 4.78 is 0. The van der Waals surface area contributed by atoms with Crippen LogP contribution in [0, 0.1) is 12.3 Å². The lowest BCUT2D eigenvalue weighted by atomic mass is 10.1. The van der Waals surface area contributed by atoms with Crippen molar-refractivity contribution in [2.45, 2.75) is 12.5 Å². The minimum Gasteiger partial charge on any atom is -0.399 e. The number of terminal acetylenes is 1. The van der Waals surface area contributed by atoms with Gasteiger partial charge >= 0.3 is 0 Å². The molecule has 0 heterocycles. The number of aliphatic hydroxyl groups is 1. The zero-order valence-corrected chi connectivity index (χ0v) is 6.70. The molecule has 1 aromatic rings. The normalized spacial score (nSPS) is 12.0. The van der Waals surface area contributed by atoms with Gasteiger partial charge in [-0.3, -0.25) is 0 Å². The molecule has 0 fully saturated rings. The molecule has 2 nitrogen and oxygen atoms in total. The summed E-state index contributed by atoms with van der Waals surface area (Å²) in [5.74, 6) is 2.39. The molecule has 0 radical (unpaired) electrons. The molecule has 0 aromatic heterocycles. The number of hydrogen-bond acceptors (Lipinski definition) is 2. The molecule has 1 atom stereocenters. The fraction of sp³-hybridized carbons (Fsp3) is 0.200. The molecule has 1 unspecified atom stereocenters. The minimum atomic E-state index is -0.599. The maximum atomic E-state index is 9.45. The van der Waals surface area contributed by atoms with E-state index in [9.17, 15) is 5.11 Å². The van der Waals surface area contributed by atoms with E-state index >= 15 is 0 Å². The summed E-state index contributed by atoms with van der Waals surface area (Å²) in [6.45, 7) is 0. The molecule has 0 bridgehead atoms. The van der Waals surface area contributed by atoms with Gasteiger partial charge in [0.05, 0.1) is 6.10 Å². The first-order chi connectivity index (χ1) is 5.74. The van der Waals surface area contributed by atoms with E-state index in [0.717, 1.165) is 5.56 Å². The van der Waals surface area contributed by atoms with Crippen LogP contribution in [-0.4, -0.2) is 5.11 Å². The highest BCUT2D eigenvalue weighted by Crippen LogP contribution is 2.17.